The number of halogens is 1. The number of nitrogens with zero attached hydrogens (tertiary/aromatic N) is 4. The zero-order valence-corrected chi connectivity index (χ0v) is 11.9. The maximum Gasteiger partial charge on any atom is 0.232 e. The summed E-state index contributed by atoms with van der Waals surface area (Å²) in [6.45, 7) is 2.87. The van der Waals surface area contributed by atoms with Gasteiger partial charge >= 0.3 is 0 Å². The summed E-state index contributed by atoms with van der Waals surface area (Å²) in [7, 11) is 0. The molecule has 0 unspecified atom stereocenters. The molecule has 1 aromatic carbocycles. The van der Waals surface area contributed by atoms with Crippen LogP contribution in [0.15, 0.2) is 29.4 Å². The number of aromatic nitrogens is 3. The number of hydrogen-bond donors (Lipinski definition) is 0. The van der Waals surface area contributed by atoms with Crippen LogP contribution in [0.25, 0.3) is 5.69 Å². The summed E-state index contributed by atoms with van der Waals surface area (Å²) in [4.78, 5) is 2.11. The van der Waals surface area contributed by atoms with Gasteiger partial charge in [-0.2, -0.15) is 0 Å². The Hall–Kier alpha value is -1.60. The predicted molar refractivity (Wildman–Crippen MR) is 76.1 cm³/mol. The third kappa shape index (κ3) is 2.51. The molecular weight excluding hydrogens is 279 g/mol. The van der Waals surface area contributed by atoms with Gasteiger partial charge < -0.3 is 9.64 Å². The van der Waals surface area contributed by atoms with Gasteiger partial charge in [-0.25, -0.2) is 4.39 Å². The quantitative estimate of drug-likeness (QED) is 0.810. The summed E-state index contributed by atoms with van der Waals surface area (Å²) in [5.74, 6) is 0.472. The lowest BCUT2D eigenvalue weighted by Gasteiger charge is -2.27. The number of benzene rings is 1. The average Bonchev–Trinajstić information content (AvgIpc) is 2.92. The summed E-state index contributed by atoms with van der Waals surface area (Å²) in [5, 5.41) is 9.19. The number of anilines is 1. The molecule has 7 heteroatoms. The summed E-state index contributed by atoms with van der Waals surface area (Å²) in [6, 6.07) is 6.47. The highest BCUT2D eigenvalue weighted by atomic mass is 32.2. The van der Waals surface area contributed by atoms with Gasteiger partial charge in [0, 0.05) is 13.1 Å². The maximum atomic E-state index is 13.5. The van der Waals surface area contributed by atoms with Gasteiger partial charge in [-0.1, -0.05) is 17.8 Å². The molecule has 1 aliphatic heterocycles. The van der Waals surface area contributed by atoms with Crippen molar-refractivity contribution in [2.24, 2.45) is 0 Å². The van der Waals surface area contributed by atoms with Crippen molar-refractivity contribution < 1.29 is 9.13 Å². The lowest BCUT2D eigenvalue weighted by Crippen LogP contribution is -2.37. The van der Waals surface area contributed by atoms with E-state index in [4.69, 9.17) is 4.74 Å². The van der Waals surface area contributed by atoms with Crippen LogP contribution in [-0.2, 0) is 4.74 Å². The molecule has 0 amide bonds. The summed E-state index contributed by atoms with van der Waals surface area (Å²) in [6.07, 6.45) is 1.93. The molecule has 0 spiro atoms. The van der Waals surface area contributed by atoms with E-state index in [0.717, 1.165) is 29.9 Å². The molecule has 20 heavy (non-hydrogen) atoms. The first-order valence-electron chi connectivity index (χ1n) is 6.37. The molecule has 0 saturated carbocycles. The number of thioether (sulfide) groups is 1. The van der Waals surface area contributed by atoms with Crippen LogP contribution in [0.3, 0.4) is 0 Å². The van der Waals surface area contributed by atoms with Crippen LogP contribution in [0.1, 0.15) is 0 Å². The van der Waals surface area contributed by atoms with Crippen LogP contribution in [-0.4, -0.2) is 47.3 Å². The molecule has 0 N–H and O–H groups in total. The number of rotatable bonds is 3. The molecule has 0 bridgehead atoms. The van der Waals surface area contributed by atoms with Gasteiger partial charge in [0.15, 0.2) is 5.16 Å². The minimum atomic E-state index is -0.267. The maximum absolute atomic E-state index is 13.5. The van der Waals surface area contributed by atoms with Gasteiger partial charge in [-0.15, -0.1) is 10.2 Å². The van der Waals surface area contributed by atoms with E-state index >= 15 is 0 Å². The van der Waals surface area contributed by atoms with Gasteiger partial charge in [0.2, 0.25) is 5.95 Å². The topological polar surface area (TPSA) is 43.2 Å². The van der Waals surface area contributed by atoms with E-state index in [1.807, 2.05) is 16.9 Å². The Kier molecular flexibility index (Phi) is 3.88. The minimum Gasteiger partial charge on any atom is -0.378 e. The molecule has 3 rings (SSSR count). The standard InChI is InChI=1S/C13H15FN4OS/c1-20-13-16-15-12(17-5-7-19-8-6-17)18(13)11-4-2-3-10(14)9-11/h2-4,9H,5-8H2,1H3. The van der Waals surface area contributed by atoms with Crippen LogP contribution < -0.4 is 4.90 Å². The molecule has 1 saturated heterocycles. The van der Waals surface area contributed by atoms with Gasteiger partial charge in [0.1, 0.15) is 5.82 Å². The second kappa shape index (κ2) is 5.80. The number of morpholine rings is 1. The van der Waals surface area contributed by atoms with Crippen LogP contribution in [0.4, 0.5) is 10.3 Å². The van der Waals surface area contributed by atoms with E-state index in [9.17, 15) is 4.39 Å². The van der Waals surface area contributed by atoms with Crippen LogP contribution >= 0.6 is 11.8 Å². The fourth-order valence-electron chi connectivity index (χ4n) is 2.20. The van der Waals surface area contributed by atoms with Crippen molar-refractivity contribution in [1.82, 2.24) is 14.8 Å². The molecule has 5 nitrogen and oxygen atoms in total. The smallest absolute Gasteiger partial charge is 0.232 e. The van der Waals surface area contributed by atoms with Crippen LogP contribution in [0.5, 0.6) is 0 Å². The van der Waals surface area contributed by atoms with Gasteiger partial charge in [-0.3, -0.25) is 4.57 Å². The molecule has 2 aromatic rings. The first kappa shape index (κ1) is 13.4. The fraction of sp³-hybridized carbons (Fsp3) is 0.385. The van der Waals surface area contributed by atoms with E-state index in [-0.39, 0.29) is 5.82 Å². The molecule has 1 aromatic heterocycles. The summed E-state index contributed by atoms with van der Waals surface area (Å²) < 4.78 is 20.7. The first-order chi connectivity index (χ1) is 9.79. The zero-order valence-electron chi connectivity index (χ0n) is 11.1. The Morgan fingerprint density at radius 2 is 2.05 bits per heavy atom. The average molecular weight is 294 g/mol. The van der Waals surface area contributed by atoms with Gasteiger partial charge in [0.05, 0.1) is 18.9 Å². The lowest BCUT2D eigenvalue weighted by atomic mass is 10.3. The Bertz CT molecular complexity index is 598. The van der Waals surface area contributed by atoms with E-state index in [0.29, 0.717) is 13.2 Å². The largest absolute Gasteiger partial charge is 0.378 e. The lowest BCUT2D eigenvalue weighted by molar-refractivity contribution is 0.122. The molecule has 0 atom stereocenters. The molecule has 106 valence electrons. The van der Waals surface area contributed by atoms with Gasteiger partial charge in [0.25, 0.3) is 0 Å². The van der Waals surface area contributed by atoms with E-state index in [1.54, 1.807) is 6.07 Å². The first-order valence-corrected chi connectivity index (χ1v) is 7.60. The SMILES string of the molecule is CSc1nnc(N2CCOCC2)n1-c1cccc(F)c1. The molecule has 0 aliphatic carbocycles. The Labute approximate surface area is 120 Å². The van der Waals surface area contributed by atoms with Gasteiger partial charge in [-0.05, 0) is 24.5 Å². The third-order valence-electron chi connectivity index (χ3n) is 3.16. The predicted octanol–water partition coefficient (Wildman–Crippen LogP) is 1.96. The molecule has 1 aliphatic rings. The summed E-state index contributed by atoms with van der Waals surface area (Å²) in [5.41, 5.74) is 0.737. The minimum absolute atomic E-state index is 0.267. The van der Waals surface area contributed by atoms with Crippen molar-refractivity contribution in [3.05, 3.63) is 30.1 Å². The van der Waals surface area contributed by atoms with E-state index < -0.39 is 0 Å². The summed E-state index contributed by atoms with van der Waals surface area (Å²) >= 11 is 1.49. The van der Waals surface area contributed by atoms with Crippen molar-refractivity contribution in [3.63, 3.8) is 0 Å². The van der Waals surface area contributed by atoms with Crippen molar-refractivity contribution in [1.29, 1.82) is 0 Å². The third-order valence-corrected chi connectivity index (χ3v) is 3.79. The number of hydrogen-bond acceptors (Lipinski definition) is 5. The Morgan fingerprint density at radius 1 is 1.25 bits per heavy atom. The monoisotopic (exact) mass is 294 g/mol. The molecule has 0 radical (unpaired) electrons. The van der Waals surface area contributed by atoms with Crippen LogP contribution in [0.2, 0.25) is 0 Å². The Morgan fingerprint density at radius 3 is 2.75 bits per heavy atom. The van der Waals surface area contributed by atoms with Crippen molar-refractivity contribution in [2.75, 3.05) is 37.5 Å². The van der Waals surface area contributed by atoms with E-state index in [1.165, 1.54) is 23.9 Å². The highest BCUT2D eigenvalue weighted by Gasteiger charge is 2.21. The fourth-order valence-corrected chi connectivity index (χ4v) is 2.70. The second-order valence-electron chi connectivity index (χ2n) is 4.40. The van der Waals surface area contributed by atoms with Crippen molar-refractivity contribution >= 4 is 17.7 Å². The molecular formula is C13H15FN4OS. The van der Waals surface area contributed by atoms with E-state index in [2.05, 4.69) is 15.1 Å². The second-order valence-corrected chi connectivity index (χ2v) is 5.17. The molecule has 1 fully saturated rings. The highest BCUT2D eigenvalue weighted by Crippen LogP contribution is 2.26. The molecule has 2 heterocycles. The number of ether oxygens (including phenoxy) is 1. The normalized spacial score (nSPS) is 15.6. The van der Waals surface area contributed by atoms with Crippen molar-refractivity contribution in [2.45, 2.75) is 5.16 Å². The zero-order chi connectivity index (χ0) is 13.9. The Balaban J connectivity index is 2.05. The highest BCUT2D eigenvalue weighted by molar-refractivity contribution is 7.98. The van der Waals surface area contributed by atoms with Crippen LogP contribution in [0, 0.1) is 5.82 Å². The van der Waals surface area contributed by atoms with Crippen molar-refractivity contribution in [3.8, 4) is 5.69 Å².